The van der Waals surface area contributed by atoms with Gasteiger partial charge >= 0.3 is 0 Å². The Kier molecular flexibility index (Phi) is 3.61. The molecule has 4 aromatic rings. The molecule has 7 nitrogen and oxygen atoms in total. The van der Waals surface area contributed by atoms with Crippen molar-refractivity contribution in [2.45, 2.75) is 19.9 Å². The number of fused-ring (bicyclic) bond motifs is 1. The van der Waals surface area contributed by atoms with Gasteiger partial charge in [-0.1, -0.05) is 0 Å². The van der Waals surface area contributed by atoms with Gasteiger partial charge in [-0.25, -0.2) is 0 Å². The smallest absolute Gasteiger partial charge is 0.259 e. The molecule has 7 heteroatoms. The first kappa shape index (κ1) is 15.2. The molecule has 0 unspecified atom stereocenters. The maximum absolute atomic E-state index is 12.6. The minimum Gasteiger partial charge on any atom is -0.472 e. The van der Waals surface area contributed by atoms with Crippen LogP contribution < -0.4 is 5.32 Å². The predicted molar refractivity (Wildman–Crippen MR) is 94.4 cm³/mol. The van der Waals surface area contributed by atoms with E-state index in [9.17, 15) is 4.79 Å². The van der Waals surface area contributed by atoms with E-state index in [1.807, 2.05) is 29.1 Å². The van der Waals surface area contributed by atoms with Crippen LogP contribution in [0.4, 0.5) is 5.69 Å². The lowest BCUT2D eigenvalue weighted by molar-refractivity contribution is 0.102. The Morgan fingerprint density at radius 3 is 2.96 bits per heavy atom. The van der Waals surface area contributed by atoms with E-state index in [1.54, 1.807) is 18.6 Å². The Balaban J connectivity index is 1.61. The van der Waals surface area contributed by atoms with Crippen LogP contribution in [0.25, 0.3) is 22.2 Å². The Morgan fingerprint density at radius 2 is 2.20 bits per heavy atom. The molecule has 0 spiro atoms. The molecule has 0 atom stereocenters. The lowest BCUT2D eigenvalue weighted by Gasteiger charge is -2.05. The molecule has 0 bridgehead atoms. The fourth-order valence-corrected chi connectivity index (χ4v) is 2.66. The van der Waals surface area contributed by atoms with E-state index in [-0.39, 0.29) is 11.9 Å². The number of hydrogen-bond donors (Lipinski definition) is 2. The number of aromatic nitrogens is 4. The maximum Gasteiger partial charge on any atom is 0.259 e. The van der Waals surface area contributed by atoms with Crippen LogP contribution in [-0.4, -0.2) is 25.9 Å². The van der Waals surface area contributed by atoms with Gasteiger partial charge in [0.05, 0.1) is 35.5 Å². The average Bonchev–Trinajstić information content (AvgIpc) is 3.32. The Hall–Kier alpha value is -3.35. The molecule has 126 valence electrons. The summed E-state index contributed by atoms with van der Waals surface area (Å²) in [4.78, 5) is 12.6. The largest absolute Gasteiger partial charge is 0.472 e. The van der Waals surface area contributed by atoms with Crippen LogP contribution in [0.2, 0.25) is 0 Å². The normalized spacial score (nSPS) is 11.3. The van der Waals surface area contributed by atoms with Gasteiger partial charge in [0.15, 0.2) is 0 Å². The fraction of sp³-hybridized carbons (Fsp3) is 0.167. The highest BCUT2D eigenvalue weighted by molar-refractivity contribution is 6.08. The molecule has 0 aliphatic heterocycles. The van der Waals surface area contributed by atoms with Gasteiger partial charge in [-0.2, -0.15) is 10.2 Å². The molecule has 3 aromatic heterocycles. The third-order valence-electron chi connectivity index (χ3n) is 4.01. The van der Waals surface area contributed by atoms with Crippen molar-refractivity contribution in [3.8, 4) is 11.3 Å². The number of hydrogen-bond acceptors (Lipinski definition) is 4. The zero-order valence-electron chi connectivity index (χ0n) is 13.9. The van der Waals surface area contributed by atoms with Gasteiger partial charge in [0.1, 0.15) is 0 Å². The SMILES string of the molecule is CC(C)n1cc2ccc(NC(=O)c3cn[nH]c3-c3ccoc3)cc2n1. The maximum atomic E-state index is 12.6. The van der Waals surface area contributed by atoms with E-state index in [1.165, 1.54) is 6.20 Å². The molecular formula is C18H17N5O2. The van der Waals surface area contributed by atoms with Crippen molar-refractivity contribution in [2.24, 2.45) is 0 Å². The van der Waals surface area contributed by atoms with Gasteiger partial charge in [0, 0.05) is 28.9 Å². The molecule has 0 saturated carbocycles. The number of anilines is 1. The van der Waals surface area contributed by atoms with Crippen molar-refractivity contribution in [3.05, 3.63) is 54.7 Å². The molecule has 3 heterocycles. The van der Waals surface area contributed by atoms with Crippen molar-refractivity contribution >= 4 is 22.5 Å². The van der Waals surface area contributed by atoms with E-state index in [4.69, 9.17) is 4.42 Å². The molecule has 0 saturated heterocycles. The second kappa shape index (κ2) is 5.94. The molecule has 4 rings (SSSR count). The number of furan rings is 1. The van der Waals surface area contributed by atoms with Gasteiger partial charge < -0.3 is 9.73 Å². The van der Waals surface area contributed by atoms with Gasteiger partial charge in [-0.3, -0.25) is 14.6 Å². The molecule has 1 aromatic carbocycles. The number of nitrogens with zero attached hydrogens (tertiary/aromatic N) is 3. The van der Waals surface area contributed by atoms with E-state index in [2.05, 4.69) is 34.5 Å². The minimum absolute atomic E-state index is 0.243. The van der Waals surface area contributed by atoms with Crippen LogP contribution in [0.3, 0.4) is 0 Å². The van der Waals surface area contributed by atoms with Gasteiger partial charge in [0.2, 0.25) is 0 Å². The van der Waals surface area contributed by atoms with E-state index >= 15 is 0 Å². The van der Waals surface area contributed by atoms with E-state index in [0.717, 1.165) is 16.5 Å². The summed E-state index contributed by atoms with van der Waals surface area (Å²) >= 11 is 0. The van der Waals surface area contributed by atoms with E-state index < -0.39 is 0 Å². The molecule has 2 N–H and O–H groups in total. The van der Waals surface area contributed by atoms with Crippen LogP contribution in [0.1, 0.15) is 30.2 Å². The topological polar surface area (TPSA) is 88.7 Å². The molecule has 0 fully saturated rings. The minimum atomic E-state index is -0.243. The third kappa shape index (κ3) is 2.80. The Bertz CT molecular complexity index is 1030. The summed E-state index contributed by atoms with van der Waals surface area (Å²) in [6.45, 7) is 4.15. The van der Waals surface area contributed by atoms with Gasteiger partial charge in [0.25, 0.3) is 5.91 Å². The monoisotopic (exact) mass is 335 g/mol. The highest BCUT2D eigenvalue weighted by atomic mass is 16.3. The number of nitrogens with one attached hydrogen (secondary N) is 2. The molecular weight excluding hydrogens is 318 g/mol. The second-order valence-electron chi connectivity index (χ2n) is 6.10. The summed E-state index contributed by atoms with van der Waals surface area (Å²) in [6, 6.07) is 7.74. The number of benzene rings is 1. The van der Waals surface area contributed by atoms with E-state index in [0.29, 0.717) is 16.9 Å². The van der Waals surface area contributed by atoms with Crippen LogP contribution in [0, 0.1) is 0 Å². The molecule has 0 aliphatic carbocycles. The molecule has 0 radical (unpaired) electrons. The van der Waals surface area contributed by atoms with Crippen molar-refractivity contribution in [1.82, 2.24) is 20.0 Å². The fourth-order valence-electron chi connectivity index (χ4n) is 2.66. The molecule has 0 aliphatic rings. The van der Waals surface area contributed by atoms with Crippen LogP contribution in [0.15, 0.2) is 53.6 Å². The number of aromatic amines is 1. The predicted octanol–water partition coefficient (Wildman–Crippen LogP) is 3.85. The summed E-state index contributed by atoms with van der Waals surface area (Å²) < 4.78 is 6.98. The van der Waals surface area contributed by atoms with Crippen molar-refractivity contribution in [1.29, 1.82) is 0 Å². The van der Waals surface area contributed by atoms with Gasteiger partial charge in [-0.15, -0.1) is 0 Å². The highest BCUT2D eigenvalue weighted by Gasteiger charge is 2.16. The number of amides is 1. The summed E-state index contributed by atoms with van der Waals surface area (Å²) in [5.41, 5.74) is 3.37. The number of rotatable bonds is 4. The van der Waals surface area contributed by atoms with Crippen LogP contribution in [0.5, 0.6) is 0 Å². The standard InChI is InChI=1S/C18H17N5O2/c1-11(2)23-9-12-3-4-14(7-16(12)22-23)20-18(24)15-8-19-21-17(15)13-5-6-25-10-13/h3-11H,1-2H3,(H,19,21)(H,20,24). The van der Waals surface area contributed by atoms with Gasteiger partial charge in [-0.05, 0) is 38.1 Å². The number of H-pyrrole nitrogens is 1. The third-order valence-corrected chi connectivity index (χ3v) is 4.01. The van der Waals surface area contributed by atoms with Crippen molar-refractivity contribution < 1.29 is 9.21 Å². The Morgan fingerprint density at radius 1 is 1.32 bits per heavy atom. The van der Waals surface area contributed by atoms with Crippen molar-refractivity contribution in [2.75, 3.05) is 5.32 Å². The second-order valence-corrected chi connectivity index (χ2v) is 6.10. The highest BCUT2D eigenvalue weighted by Crippen LogP contribution is 2.24. The lowest BCUT2D eigenvalue weighted by atomic mass is 10.1. The Labute approximate surface area is 143 Å². The first-order valence-corrected chi connectivity index (χ1v) is 7.98. The molecule has 1 amide bonds. The lowest BCUT2D eigenvalue weighted by Crippen LogP contribution is -2.12. The first-order valence-electron chi connectivity index (χ1n) is 7.98. The summed E-state index contributed by atoms with van der Waals surface area (Å²) in [6.07, 6.45) is 6.62. The number of carbonyl (C=O) groups excluding carboxylic acids is 1. The zero-order chi connectivity index (χ0) is 17.4. The zero-order valence-corrected chi connectivity index (χ0v) is 13.9. The summed E-state index contributed by atoms with van der Waals surface area (Å²) in [5.74, 6) is -0.243. The summed E-state index contributed by atoms with van der Waals surface area (Å²) in [5, 5.41) is 15.3. The number of carbonyl (C=O) groups is 1. The summed E-state index contributed by atoms with van der Waals surface area (Å²) in [7, 11) is 0. The first-order chi connectivity index (χ1) is 12.1. The van der Waals surface area contributed by atoms with Crippen LogP contribution >= 0.6 is 0 Å². The van der Waals surface area contributed by atoms with Crippen molar-refractivity contribution in [3.63, 3.8) is 0 Å². The molecule has 25 heavy (non-hydrogen) atoms. The quantitative estimate of drug-likeness (QED) is 0.593. The average molecular weight is 335 g/mol. The van der Waals surface area contributed by atoms with Crippen LogP contribution in [-0.2, 0) is 0 Å².